The fourth-order valence-electron chi connectivity index (χ4n) is 3.31. The molecule has 2 atom stereocenters. The standard InChI is InChI=1S/C26H30ClN3O3S/c1-5-16(2)23(28)15-34-14-19-10-12-20(13-11-19)25-24(17(3)30-33-25)29-26(31)32-18(4)21-8-6-7-9-22(21)27/h6-13,18,23H,2,5,14-15,28H2,1,3-4H3,(H,29,31)/t18?,23-/m0/s1. The van der Waals surface area contributed by atoms with Gasteiger partial charge in [0, 0.05) is 33.7 Å². The molecule has 3 N–H and O–H groups in total. The number of rotatable bonds is 10. The molecule has 0 fully saturated rings. The fraction of sp³-hybridized carbons (Fsp3) is 0.308. The minimum Gasteiger partial charge on any atom is -0.441 e. The monoisotopic (exact) mass is 499 g/mol. The molecule has 3 rings (SSSR count). The van der Waals surface area contributed by atoms with Crippen LogP contribution in [0.25, 0.3) is 11.3 Å². The average molecular weight is 500 g/mol. The van der Waals surface area contributed by atoms with Gasteiger partial charge in [-0.1, -0.05) is 78.3 Å². The summed E-state index contributed by atoms with van der Waals surface area (Å²) in [5, 5.41) is 7.33. The molecule has 0 aliphatic rings. The molecule has 2 aromatic carbocycles. The Bertz CT molecular complexity index is 1130. The molecule has 0 saturated heterocycles. The predicted octanol–water partition coefficient (Wildman–Crippen LogP) is 7.14. The zero-order valence-corrected chi connectivity index (χ0v) is 21.2. The lowest BCUT2D eigenvalue weighted by Gasteiger charge is -2.15. The lowest BCUT2D eigenvalue weighted by molar-refractivity contribution is 0.121. The van der Waals surface area contributed by atoms with Gasteiger partial charge in [-0.15, -0.1) is 0 Å². The molecule has 1 aromatic heterocycles. The second-order valence-corrected chi connectivity index (χ2v) is 9.43. The first-order valence-electron chi connectivity index (χ1n) is 11.1. The second-order valence-electron chi connectivity index (χ2n) is 8.00. The van der Waals surface area contributed by atoms with Crippen LogP contribution in [0.3, 0.4) is 0 Å². The molecule has 0 bridgehead atoms. The third-order valence-electron chi connectivity index (χ3n) is 5.48. The molecule has 1 amide bonds. The van der Waals surface area contributed by atoms with Crippen molar-refractivity contribution in [2.75, 3.05) is 11.1 Å². The number of nitrogens with one attached hydrogen (secondary N) is 1. The van der Waals surface area contributed by atoms with E-state index in [9.17, 15) is 4.79 Å². The highest BCUT2D eigenvalue weighted by atomic mass is 35.5. The Morgan fingerprint density at radius 2 is 1.97 bits per heavy atom. The van der Waals surface area contributed by atoms with Crippen LogP contribution >= 0.6 is 23.4 Å². The van der Waals surface area contributed by atoms with Crippen molar-refractivity contribution in [3.8, 4) is 11.3 Å². The Kier molecular flexibility index (Phi) is 9.21. The van der Waals surface area contributed by atoms with E-state index in [0.29, 0.717) is 22.2 Å². The van der Waals surface area contributed by atoms with Gasteiger partial charge < -0.3 is 15.0 Å². The third kappa shape index (κ3) is 6.65. The number of thioether (sulfide) groups is 1. The van der Waals surface area contributed by atoms with Gasteiger partial charge in [-0.3, -0.25) is 5.32 Å². The van der Waals surface area contributed by atoms with Crippen LogP contribution in [0, 0.1) is 6.92 Å². The Hall–Kier alpha value is -2.74. The van der Waals surface area contributed by atoms with Crippen molar-refractivity contribution < 1.29 is 14.1 Å². The van der Waals surface area contributed by atoms with E-state index >= 15 is 0 Å². The number of amides is 1. The van der Waals surface area contributed by atoms with Crippen LogP contribution in [0.15, 0.2) is 65.2 Å². The van der Waals surface area contributed by atoms with Gasteiger partial charge in [-0.25, -0.2) is 4.79 Å². The number of anilines is 1. The van der Waals surface area contributed by atoms with Gasteiger partial charge in [-0.2, -0.15) is 11.8 Å². The van der Waals surface area contributed by atoms with Crippen LogP contribution in [0.1, 0.15) is 43.2 Å². The van der Waals surface area contributed by atoms with Gasteiger partial charge in [-0.05, 0) is 31.9 Å². The summed E-state index contributed by atoms with van der Waals surface area (Å²) < 4.78 is 11.0. The van der Waals surface area contributed by atoms with Crippen LogP contribution in [0.5, 0.6) is 0 Å². The molecular weight excluding hydrogens is 470 g/mol. The number of carbonyl (C=O) groups excluding carboxylic acids is 1. The highest BCUT2D eigenvalue weighted by Crippen LogP contribution is 2.32. The van der Waals surface area contributed by atoms with Gasteiger partial charge >= 0.3 is 6.09 Å². The number of aryl methyl sites for hydroxylation is 1. The van der Waals surface area contributed by atoms with Crippen LogP contribution in [-0.2, 0) is 10.5 Å². The molecule has 0 aliphatic heterocycles. The van der Waals surface area contributed by atoms with Crippen molar-refractivity contribution >= 4 is 35.1 Å². The van der Waals surface area contributed by atoms with Gasteiger partial charge in [0.25, 0.3) is 0 Å². The topological polar surface area (TPSA) is 90.4 Å². The van der Waals surface area contributed by atoms with E-state index in [1.54, 1.807) is 31.7 Å². The van der Waals surface area contributed by atoms with Crippen molar-refractivity contribution in [2.24, 2.45) is 5.73 Å². The average Bonchev–Trinajstić information content (AvgIpc) is 3.18. The SMILES string of the molecule is C=C(CC)[C@@H](N)CSCc1ccc(-c2onc(C)c2NC(=O)OC(C)c2ccccc2Cl)cc1. The van der Waals surface area contributed by atoms with Crippen molar-refractivity contribution in [1.29, 1.82) is 0 Å². The smallest absolute Gasteiger partial charge is 0.412 e. The lowest BCUT2D eigenvalue weighted by atomic mass is 10.1. The lowest BCUT2D eigenvalue weighted by Crippen LogP contribution is -2.24. The number of carbonyl (C=O) groups is 1. The van der Waals surface area contributed by atoms with E-state index in [1.807, 2.05) is 42.5 Å². The normalized spacial score (nSPS) is 12.7. The van der Waals surface area contributed by atoms with E-state index < -0.39 is 12.2 Å². The molecule has 8 heteroatoms. The van der Waals surface area contributed by atoms with E-state index in [-0.39, 0.29) is 6.04 Å². The summed E-state index contributed by atoms with van der Waals surface area (Å²) in [6.07, 6.45) is -0.231. The van der Waals surface area contributed by atoms with Gasteiger partial charge in [0.15, 0.2) is 5.76 Å². The molecule has 0 radical (unpaired) electrons. The maximum atomic E-state index is 12.6. The number of aromatic nitrogens is 1. The number of benzene rings is 2. The van der Waals surface area contributed by atoms with Crippen LogP contribution in [0.2, 0.25) is 5.02 Å². The van der Waals surface area contributed by atoms with E-state index in [4.69, 9.17) is 26.6 Å². The Morgan fingerprint density at radius 3 is 2.65 bits per heavy atom. The van der Waals surface area contributed by atoms with Crippen LogP contribution in [-0.4, -0.2) is 23.0 Å². The van der Waals surface area contributed by atoms with Crippen molar-refractivity contribution in [3.05, 3.63) is 82.5 Å². The number of hydrogen-bond acceptors (Lipinski definition) is 6. The summed E-state index contributed by atoms with van der Waals surface area (Å²) in [5.74, 6) is 2.15. The van der Waals surface area contributed by atoms with Crippen molar-refractivity contribution in [1.82, 2.24) is 5.16 Å². The Labute approximate surface area is 209 Å². The number of nitrogens with two attached hydrogens (primary N) is 1. The number of ether oxygens (including phenoxy) is 1. The summed E-state index contributed by atoms with van der Waals surface area (Å²) >= 11 is 7.98. The molecule has 0 spiro atoms. The molecule has 6 nitrogen and oxygen atoms in total. The second kappa shape index (κ2) is 12.1. The first-order valence-corrected chi connectivity index (χ1v) is 12.6. The minimum atomic E-state index is -0.613. The molecule has 34 heavy (non-hydrogen) atoms. The maximum Gasteiger partial charge on any atom is 0.412 e. The zero-order valence-electron chi connectivity index (χ0n) is 19.6. The highest BCUT2D eigenvalue weighted by Gasteiger charge is 2.20. The third-order valence-corrected chi connectivity index (χ3v) is 6.95. The Balaban J connectivity index is 1.63. The number of halogens is 1. The summed E-state index contributed by atoms with van der Waals surface area (Å²) in [7, 11) is 0. The first kappa shape index (κ1) is 25.9. The summed E-state index contributed by atoms with van der Waals surface area (Å²) in [5.41, 5.74) is 10.9. The Morgan fingerprint density at radius 1 is 1.26 bits per heavy atom. The summed E-state index contributed by atoms with van der Waals surface area (Å²) in [6, 6.07) is 15.2. The van der Waals surface area contributed by atoms with Gasteiger partial charge in [0.2, 0.25) is 0 Å². The zero-order chi connectivity index (χ0) is 24.7. The van der Waals surface area contributed by atoms with Gasteiger partial charge in [0.1, 0.15) is 17.5 Å². The minimum absolute atomic E-state index is 0.0143. The number of nitrogens with zero attached hydrogens (tertiary/aromatic N) is 1. The van der Waals surface area contributed by atoms with E-state index in [0.717, 1.165) is 34.6 Å². The molecule has 1 unspecified atom stereocenters. The van der Waals surface area contributed by atoms with Crippen LogP contribution < -0.4 is 11.1 Å². The highest BCUT2D eigenvalue weighted by molar-refractivity contribution is 7.98. The summed E-state index contributed by atoms with van der Waals surface area (Å²) in [6.45, 7) is 9.61. The van der Waals surface area contributed by atoms with Crippen LogP contribution in [0.4, 0.5) is 10.5 Å². The molecule has 1 heterocycles. The quantitative estimate of drug-likeness (QED) is 0.288. The molecule has 3 aromatic rings. The molecule has 180 valence electrons. The van der Waals surface area contributed by atoms with Crippen molar-refractivity contribution in [3.63, 3.8) is 0 Å². The molecular formula is C26H30ClN3O3S. The predicted molar refractivity (Wildman–Crippen MR) is 140 cm³/mol. The van der Waals surface area contributed by atoms with E-state index in [2.05, 4.69) is 24.0 Å². The number of hydrogen-bond donors (Lipinski definition) is 2. The largest absolute Gasteiger partial charge is 0.441 e. The van der Waals surface area contributed by atoms with Gasteiger partial charge in [0.05, 0.1) is 0 Å². The summed E-state index contributed by atoms with van der Waals surface area (Å²) in [4.78, 5) is 12.6. The molecule has 0 aliphatic carbocycles. The maximum absolute atomic E-state index is 12.6. The molecule has 0 saturated carbocycles. The fourth-order valence-corrected chi connectivity index (χ4v) is 4.64. The van der Waals surface area contributed by atoms with Crippen molar-refractivity contribution in [2.45, 2.75) is 45.1 Å². The first-order chi connectivity index (χ1) is 16.3. The van der Waals surface area contributed by atoms with E-state index in [1.165, 1.54) is 5.56 Å².